The van der Waals surface area contributed by atoms with Crippen molar-refractivity contribution in [2.75, 3.05) is 11.1 Å². The molecule has 3 N–H and O–H groups in total. The van der Waals surface area contributed by atoms with Crippen LogP contribution in [0.1, 0.15) is 10.4 Å². The van der Waals surface area contributed by atoms with Gasteiger partial charge in [-0.1, -0.05) is 11.6 Å². The molecular weight excluding hydrogens is 257 g/mol. The summed E-state index contributed by atoms with van der Waals surface area (Å²) in [4.78, 5) is 15.7. The number of nitrogens with two attached hydrogens (primary N) is 1. The first-order chi connectivity index (χ1) is 8.56. The first kappa shape index (κ1) is 12.3. The number of benzene rings is 1. The number of carbonyl (C=O) groups excluding carboxylic acids is 1. The molecule has 0 fully saturated rings. The third-order valence-corrected chi connectivity index (χ3v) is 2.53. The highest BCUT2D eigenvalue weighted by atomic mass is 35.5. The number of rotatable bonds is 2. The molecule has 0 aliphatic rings. The van der Waals surface area contributed by atoms with Crippen LogP contribution in [0, 0.1) is 5.82 Å². The molecule has 0 saturated heterocycles. The molecule has 0 aliphatic heterocycles. The van der Waals surface area contributed by atoms with Gasteiger partial charge in [0.2, 0.25) is 0 Å². The second-order valence-corrected chi connectivity index (χ2v) is 3.96. The molecule has 92 valence electrons. The number of hydrogen-bond donors (Lipinski definition) is 2. The number of nitrogen functional groups attached to an aromatic ring is 1. The zero-order valence-corrected chi connectivity index (χ0v) is 9.91. The van der Waals surface area contributed by atoms with Gasteiger partial charge in [-0.05, 0) is 30.3 Å². The van der Waals surface area contributed by atoms with Crippen LogP contribution in [0.25, 0.3) is 0 Å². The van der Waals surface area contributed by atoms with E-state index in [-0.39, 0.29) is 10.6 Å². The summed E-state index contributed by atoms with van der Waals surface area (Å²) in [5.41, 5.74) is 6.09. The zero-order chi connectivity index (χ0) is 13.1. The van der Waals surface area contributed by atoms with Gasteiger partial charge in [0, 0.05) is 0 Å². The highest BCUT2D eigenvalue weighted by Crippen LogP contribution is 2.18. The van der Waals surface area contributed by atoms with E-state index in [0.717, 1.165) is 6.07 Å². The summed E-state index contributed by atoms with van der Waals surface area (Å²) >= 11 is 5.78. The number of halogens is 2. The molecule has 18 heavy (non-hydrogen) atoms. The maximum atomic E-state index is 12.8. The van der Waals surface area contributed by atoms with Crippen molar-refractivity contribution >= 4 is 29.0 Å². The van der Waals surface area contributed by atoms with Gasteiger partial charge in [0.25, 0.3) is 5.91 Å². The third-order valence-electron chi connectivity index (χ3n) is 2.22. The number of hydrogen-bond acceptors (Lipinski definition) is 3. The van der Waals surface area contributed by atoms with Crippen molar-refractivity contribution in [3.05, 3.63) is 52.9 Å². The van der Waals surface area contributed by atoms with Gasteiger partial charge in [-0.25, -0.2) is 9.37 Å². The molecule has 1 heterocycles. The number of nitrogens with zero attached hydrogens (tertiary/aromatic N) is 1. The van der Waals surface area contributed by atoms with Crippen LogP contribution in [0.4, 0.5) is 15.9 Å². The summed E-state index contributed by atoms with van der Waals surface area (Å²) in [5, 5.41) is 2.63. The number of aromatic nitrogens is 1. The second kappa shape index (κ2) is 5.01. The third kappa shape index (κ3) is 2.75. The largest absolute Gasteiger partial charge is 0.384 e. The van der Waals surface area contributed by atoms with Gasteiger partial charge in [-0.15, -0.1) is 0 Å². The summed E-state index contributed by atoms with van der Waals surface area (Å²) in [7, 11) is 0. The van der Waals surface area contributed by atoms with Crippen molar-refractivity contribution in [1.29, 1.82) is 0 Å². The Kier molecular flexibility index (Phi) is 3.43. The average Bonchev–Trinajstić information content (AvgIpc) is 2.32. The molecule has 2 aromatic rings. The fourth-order valence-corrected chi connectivity index (χ4v) is 1.60. The molecule has 0 saturated carbocycles. The average molecular weight is 266 g/mol. The first-order valence-corrected chi connectivity index (χ1v) is 5.42. The Morgan fingerprint density at radius 2 is 2.11 bits per heavy atom. The molecule has 6 heteroatoms. The van der Waals surface area contributed by atoms with Gasteiger partial charge in [0.1, 0.15) is 11.6 Å². The van der Waals surface area contributed by atoms with Crippen LogP contribution < -0.4 is 11.1 Å². The van der Waals surface area contributed by atoms with E-state index in [1.165, 1.54) is 18.3 Å². The summed E-state index contributed by atoms with van der Waals surface area (Å²) in [6.45, 7) is 0. The Labute approximate surface area is 108 Å². The smallest absolute Gasteiger partial charge is 0.257 e. The molecule has 0 unspecified atom stereocenters. The molecule has 0 bridgehead atoms. The molecule has 2 rings (SSSR count). The number of anilines is 2. The first-order valence-electron chi connectivity index (χ1n) is 5.04. The molecule has 1 amide bonds. The van der Waals surface area contributed by atoms with Gasteiger partial charge in [0.05, 0.1) is 22.5 Å². The minimum Gasteiger partial charge on any atom is -0.384 e. The Hall–Kier alpha value is -2.14. The molecular formula is C12H9ClFN3O. The predicted octanol–water partition coefficient (Wildman–Crippen LogP) is 2.71. The Bertz CT molecular complexity index is 586. The van der Waals surface area contributed by atoms with Crippen LogP contribution in [0.15, 0.2) is 36.5 Å². The molecule has 1 aromatic heterocycles. The van der Waals surface area contributed by atoms with E-state index in [1.807, 2.05) is 0 Å². The fourth-order valence-electron chi connectivity index (χ4n) is 1.35. The van der Waals surface area contributed by atoms with E-state index in [0.29, 0.717) is 11.5 Å². The van der Waals surface area contributed by atoms with E-state index in [1.54, 1.807) is 12.1 Å². The van der Waals surface area contributed by atoms with Crippen molar-refractivity contribution in [3.63, 3.8) is 0 Å². The minimum atomic E-state index is -0.495. The van der Waals surface area contributed by atoms with Crippen molar-refractivity contribution in [2.24, 2.45) is 0 Å². The van der Waals surface area contributed by atoms with Crippen LogP contribution in [-0.2, 0) is 0 Å². The summed E-state index contributed by atoms with van der Waals surface area (Å²) in [5.74, 6) is -0.579. The Morgan fingerprint density at radius 1 is 1.33 bits per heavy atom. The number of amides is 1. The Balaban J connectivity index is 2.19. The predicted molar refractivity (Wildman–Crippen MR) is 68.0 cm³/mol. The lowest BCUT2D eigenvalue weighted by Crippen LogP contribution is -2.12. The maximum absolute atomic E-state index is 12.8. The maximum Gasteiger partial charge on any atom is 0.257 e. The van der Waals surface area contributed by atoms with Gasteiger partial charge < -0.3 is 11.1 Å². The summed E-state index contributed by atoms with van der Waals surface area (Å²) in [6, 6.07) is 6.73. The lowest BCUT2D eigenvalue weighted by molar-refractivity contribution is 0.102. The fraction of sp³-hybridized carbons (Fsp3) is 0. The number of pyridine rings is 1. The highest BCUT2D eigenvalue weighted by molar-refractivity contribution is 6.34. The quantitative estimate of drug-likeness (QED) is 0.877. The standard InChI is InChI=1S/C12H9ClFN3O/c13-10-5-7(14)1-3-9(10)12(18)17-8-2-4-11(15)16-6-8/h1-6H,(H2,15,16)(H,17,18). The Morgan fingerprint density at radius 3 is 2.72 bits per heavy atom. The van der Waals surface area contributed by atoms with E-state index < -0.39 is 11.7 Å². The molecule has 1 aromatic carbocycles. The molecule has 4 nitrogen and oxygen atoms in total. The van der Waals surface area contributed by atoms with Gasteiger partial charge in [-0.3, -0.25) is 4.79 Å². The topological polar surface area (TPSA) is 68.0 Å². The van der Waals surface area contributed by atoms with Gasteiger partial charge in [-0.2, -0.15) is 0 Å². The minimum absolute atomic E-state index is 0.0518. The van der Waals surface area contributed by atoms with Crippen molar-refractivity contribution in [1.82, 2.24) is 4.98 Å². The van der Waals surface area contributed by atoms with Crippen LogP contribution >= 0.6 is 11.6 Å². The number of carbonyl (C=O) groups is 1. The lowest BCUT2D eigenvalue weighted by atomic mass is 10.2. The zero-order valence-electron chi connectivity index (χ0n) is 9.15. The molecule has 0 spiro atoms. The highest BCUT2D eigenvalue weighted by Gasteiger charge is 2.11. The van der Waals surface area contributed by atoms with Crippen molar-refractivity contribution in [2.45, 2.75) is 0 Å². The normalized spacial score (nSPS) is 10.1. The van der Waals surface area contributed by atoms with Gasteiger partial charge >= 0.3 is 0 Å². The SMILES string of the molecule is Nc1ccc(NC(=O)c2ccc(F)cc2Cl)cn1. The number of nitrogens with one attached hydrogen (secondary N) is 1. The van der Waals surface area contributed by atoms with E-state index in [2.05, 4.69) is 10.3 Å². The van der Waals surface area contributed by atoms with Crippen LogP contribution in [-0.4, -0.2) is 10.9 Å². The molecule has 0 radical (unpaired) electrons. The van der Waals surface area contributed by atoms with Gasteiger partial charge in [0.15, 0.2) is 0 Å². The van der Waals surface area contributed by atoms with Crippen LogP contribution in [0.2, 0.25) is 5.02 Å². The summed E-state index contributed by atoms with van der Waals surface area (Å²) in [6.07, 6.45) is 1.42. The molecule has 0 aliphatic carbocycles. The van der Waals surface area contributed by atoms with E-state index >= 15 is 0 Å². The van der Waals surface area contributed by atoms with Crippen molar-refractivity contribution < 1.29 is 9.18 Å². The second-order valence-electron chi connectivity index (χ2n) is 3.55. The monoisotopic (exact) mass is 265 g/mol. The van der Waals surface area contributed by atoms with E-state index in [4.69, 9.17) is 17.3 Å². The molecule has 0 atom stereocenters. The van der Waals surface area contributed by atoms with Crippen LogP contribution in [0.5, 0.6) is 0 Å². The van der Waals surface area contributed by atoms with Crippen LogP contribution in [0.3, 0.4) is 0 Å². The van der Waals surface area contributed by atoms with Crippen molar-refractivity contribution in [3.8, 4) is 0 Å². The van der Waals surface area contributed by atoms with E-state index in [9.17, 15) is 9.18 Å². The lowest BCUT2D eigenvalue weighted by Gasteiger charge is -2.06. The summed E-state index contributed by atoms with van der Waals surface area (Å²) < 4.78 is 12.8.